The Balaban J connectivity index is 1.64. The first kappa shape index (κ1) is 15.6. The van der Waals surface area contributed by atoms with Crippen molar-refractivity contribution >= 4 is 11.6 Å². The minimum Gasteiger partial charge on any atom is -0.326 e. The minimum absolute atomic E-state index is 0.0284. The maximum Gasteiger partial charge on any atom is 0.228 e. The number of carbonyl (C=O) groups is 1. The van der Waals surface area contributed by atoms with Crippen LogP contribution >= 0.6 is 0 Å². The van der Waals surface area contributed by atoms with Crippen LogP contribution in [0.2, 0.25) is 0 Å². The third-order valence-electron chi connectivity index (χ3n) is 4.97. The van der Waals surface area contributed by atoms with Gasteiger partial charge in [-0.2, -0.15) is 0 Å². The summed E-state index contributed by atoms with van der Waals surface area (Å²) in [5, 5.41) is 2.92. The molecule has 1 N–H and O–H groups in total. The maximum absolute atomic E-state index is 13.0. The molecule has 0 bridgehead atoms. The molecule has 1 atom stereocenters. The van der Waals surface area contributed by atoms with Crippen molar-refractivity contribution in [2.24, 2.45) is 5.92 Å². The summed E-state index contributed by atoms with van der Waals surface area (Å²) in [5.41, 5.74) is 2.64. The molecule has 3 heteroatoms. The molecule has 0 unspecified atom stereocenters. The van der Waals surface area contributed by atoms with Crippen LogP contribution in [0, 0.1) is 11.7 Å². The van der Waals surface area contributed by atoms with Crippen LogP contribution in [0.25, 0.3) is 0 Å². The number of amides is 1. The molecule has 1 aliphatic rings. The van der Waals surface area contributed by atoms with Crippen molar-refractivity contribution in [1.82, 2.24) is 0 Å². The van der Waals surface area contributed by atoms with Gasteiger partial charge in [0.15, 0.2) is 0 Å². The van der Waals surface area contributed by atoms with Crippen molar-refractivity contribution in [1.29, 1.82) is 0 Å². The van der Waals surface area contributed by atoms with Gasteiger partial charge in [-0.25, -0.2) is 4.39 Å². The molecule has 0 saturated heterocycles. The summed E-state index contributed by atoms with van der Waals surface area (Å²) >= 11 is 0. The fourth-order valence-corrected chi connectivity index (χ4v) is 3.62. The van der Waals surface area contributed by atoms with Crippen molar-refractivity contribution in [3.63, 3.8) is 0 Å². The number of carbonyl (C=O) groups excluding carboxylic acids is 1. The van der Waals surface area contributed by atoms with E-state index in [2.05, 4.69) is 29.6 Å². The first-order valence-corrected chi connectivity index (χ1v) is 8.37. The average Bonchev–Trinajstić information content (AvgIpc) is 3.42. The second-order valence-corrected chi connectivity index (χ2v) is 6.46. The van der Waals surface area contributed by atoms with Gasteiger partial charge in [-0.05, 0) is 41.8 Å². The van der Waals surface area contributed by atoms with E-state index < -0.39 is 0 Å². The standard InChI is InChI=1S/C22H18FNO/c23-18-11-13-19(14-12-18)24-21(25)20-15-22(20,16-7-3-1-4-8-16)17-9-5-2-6-10-17/h1-14,20H,15H2,(H,24,25)/t20-/m0/s1. The van der Waals surface area contributed by atoms with E-state index in [9.17, 15) is 9.18 Å². The van der Waals surface area contributed by atoms with Gasteiger partial charge in [0, 0.05) is 11.1 Å². The van der Waals surface area contributed by atoms with E-state index in [1.807, 2.05) is 36.4 Å². The predicted octanol–water partition coefficient (Wildman–Crippen LogP) is 4.77. The molecule has 3 aromatic rings. The first-order valence-electron chi connectivity index (χ1n) is 8.37. The average molecular weight is 331 g/mol. The number of halogens is 1. The smallest absolute Gasteiger partial charge is 0.228 e. The summed E-state index contributed by atoms with van der Waals surface area (Å²) in [6.07, 6.45) is 0.772. The highest BCUT2D eigenvalue weighted by molar-refractivity contribution is 5.97. The molecule has 124 valence electrons. The maximum atomic E-state index is 13.0. The van der Waals surface area contributed by atoms with Gasteiger partial charge < -0.3 is 5.32 Å². The lowest BCUT2D eigenvalue weighted by atomic mass is 9.85. The van der Waals surface area contributed by atoms with E-state index in [0.29, 0.717) is 5.69 Å². The molecule has 1 amide bonds. The zero-order valence-electron chi connectivity index (χ0n) is 13.7. The Hall–Kier alpha value is -2.94. The van der Waals surface area contributed by atoms with Crippen molar-refractivity contribution < 1.29 is 9.18 Å². The highest BCUT2D eigenvalue weighted by atomic mass is 19.1. The number of hydrogen-bond donors (Lipinski definition) is 1. The van der Waals surface area contributed by atoms with Crippen LogP contribution in [0.1, 0.15) is 17.5 Å². The Morgan fingerprint density at radius 1 is 0.840 bits per heavy atom. The molecule has 1 aliphatic carbocycles. The highest BCUT2D eigenvalue weighted by Gasteiger charge is 2.60. The van der Waals surface area contributed by atoms with E-state index in [0.717, 1.165) is 17.5 Å². The number of rotatable bonds is 4. The van der Waals surface area contributed by atoms with E-state index in [4.69, 9.17) is 0 Å². The van der Waals surface area contributed by atoms with Crippen molar-refractivity contribution in [2.75, 3.05) is 5.32 Å². The Morgan fingerprint density at radius 3 is 1.88 bits per heavy atom. The van der Waals surface area contributed by atoms with Crippen LogP contribution in [0.5, 0.6) is 0 Å². The normalized spacial score (nSPS) is 17.7. The van der Waals surface area contributed by atoms with Crippen LogP contribution in [-0.4, -0.2) is 5.91 Å². The predicted molar refractivity (Wildman–Crippen MR) is 96.8 cm³/mol. The molecule has 0 aromatic heterocycles. The van der Waals surface area contributed by atoms with Gasteiger partial charge in [0.2, 0.25) is 5.91 Å². The monoisotopic (exact) mass is 331 g/mol. The van der Waals surface area contributed by atoms with E-state index in [1.54, 1.807) is 12.1 Å². The zero-order valence-corrected chi connectivity index (χ0v) is 13.7. The number of benzene rings is 3. The Morgan fingerprint density at radius 2 is 1.36 bits per heavy atom. The van der Waals surface area contributed by atoms with Crippen LogP contribution < -0.4 is 5.32 Å². The lowest BCUT2D eigenvalue weighted by molar-refractivity contribution is -0.117. The molecular weight excluding hydrogens is 313 g/mol. The minimum atomic E-state index is -0.313. The van der Waals surface area contributed by atoms with Gasteiger partial charge >= 0.3 is 0 Å². The third kappa shape index (κ3) is 2.82. The Labute approximate surface area is 146 Å². The van der Waals surface area contributed by atoms with E-state index >= 15 is 0 Å². The Bertz CT molecular complexity index is 835. The molecule has 1 fully saturated rings. The van der Waals surface area contributed by atoms with Gasteiger partial charge in [0.25, 0.3) is 0 Å². The summed E-state index contributed by atoms with van der Waals surface area (Å²) in [7, 11) is 0. The Kier molecular flexibility index (Phi) is 3.85. The second kappa shape index (κ2) is 6.17. The first-order chi connectivity index (χ1) is 12.2. The fourth-order valence-electron chi connectivity index (χ4n) is 3.62. The van der Waals surface area contributed by atoms with Crippen molar-refractivity contribution in [3.05, 3.63) is 102 Å². The molecule has 3 aromatic carbocycles. The quantitative estimate of drug-likeness (QED) is 0.733. The van der Waals surface area contributed by atoms with Crippen LogP contribution in [0.15, 0.2) is 84.9 Å². The summed E-state index contributed by atoms with van der Waals surface area (Å²) in [4.78, 5) is 12.8. The van der Waals surface area contributed by atoms with Gasteiger partial charge in [-0.1, -0.05) is 60.7 Å². The topological polar surface area (TPSA) is 29.1 Å². The van der Waals surface area contributed by atoms with Crippen molar-refractivity contribution in [3.8, 4) is 0 Å². The van der Waals surface area contributed by atoms with Gasteiger partial charge in [-0.3, -0.25) is 4.79 Å². The third-order valence-corrected chi connectivity index (χ3v) is 4.97. The molecule has 0 spiro atoms. The van der Waals surface area contributed by atoms with E-state index in [1.165, 1.54) is 12.1 Å². The van der Waals surface area contributed by atoms with Crippen LogP contribution in [0.3, 0.4) is 0 Å². The van der Waals surface area contributed by atoms with Gasteiger partial charge in [-0.15, -0.1) is 0 Å². The lowest BCUT2D eigenvalue weighted by Gasteiger charge is -2.19. The highest BCUT2D eigenvalue weighted by Crippen LogP contribution is 2.59. The summed E-state index contributed by atoms with van der Waals surface area (Å²) in [5.74, 6) is -0.478. The van der Waals surface area contributed by atoms with Crippen LogP contribution in [0.4, 0.5) is 10.1 Å². The van der Waals surface area contributed by atoms with Gasteiger partial charge in [0.1, 0.15) is 5.82 Å². The fraction of sp³-hybridized carbons (Fsp3) is 0.136. The molecular formula is C22H18FNO. The molecule has 2 nitrogen and oxygen atoms in total. The van der Waals surface area contributed by atoms with E-state index in [-0.39, 0.29) is 23.1 Å². The second-order valence-electron chi connectivity index (χ2n) is 6.46. The summed E-state index contributed by atoms with van der Waals surface area (Å²) < 4.78 is 13.0. The summed E-state index contributed by atoms with van der Waals surface area (Å²) in [6, 6.07) is 26.2. The number of hydrogen-bond acceptors (Lipinski definition) is 1. The van der Waals surface area contributed by atoms with Crippen molar-refractivity contribution in [2.45, 2.75) is 11.8 Å². The molecule has 1 saturated carbocycles. The van der Waals surface area contributed by atoms with Gasteiger partial charge in [0.05, 0.1) is 5.92 Å². The van der Waals surface area contributed by atoms with Crippen LogP contribution in [-0.2, 0) is 10.2 Å². The zero-order chi connectivity index (χ0) is 17.3. The number of anilines is 1. The number of nitrogens with one attached hydrogen (secondary N) is 1. The lowest BCUT2D eigenvalue weighted by Crippen LogP contribution is -2.22. The molecule has 4 rings (SSSR count). The molecule has 0 radical (unpaired) electrons. The molecule has 0 aliphatic heterocycles. The largest absolute Gasteiger partial charge is 0.326 e. The SMILES string of the molecule is O=C(Nc1ccc(F)cc1)[C@@H]1CC1(c1ccccc1)c1ccccc1. The summed E-state index contributed by atoms with van der Waals surface area (Å²) in [6.45, 7) is 0. The molecule has 25 heavy (non-hydrogen) atoms. The molecule has 0 heterocycles.